The van der Waals surface area contributed by atoms with E-state index in [-0.39, 0.29) is 11.9 Å². The van der Waals surface area contributed by atoms with E-state index in [0.717, 1.165) is 5.69 Å². The van der Waals surface area contributed by atoms with Crippen molar-refractivity contribution in [1.82, 2.24) is 5.32 Å². The van der Waals surface area contributed by atoms with Gasteiger partial charge in [0.2, 0.25) is 0 Å². The number of hydrogen-bond acceptors (Lipinski definition) is 2. The van der Waals surface area contributed by atoms with Crippen molar-refractivity contribution in [2.45, 2.75) is 0 Å². The summed E-state index contributed by atoms with van der Waals surface area (Å²) in [5.74, 6) is 0.288. The van der Waals surface area contributed by atoms with Gasteiger partial charge in [0.1, 0.15) is 5.84 Å². The molecule has 1 saturated heterocycles. The molecule has 1 aromatic rings. The van der Waals surface area contributed by atoms with Crippen LogP contribution in [0.2, 0.25) is 0 Å². The Morgan fingerprint density at radius 2 is 2.00 bits per heavy atom. The zero-order chi connectivity index (χ0) is 9.26. The molecular formula is C9H9N3O. The van der Waals surface area contributed by atoms with Gasteiger partial charge in [-0.2, -0.15) is 0 Å². The van der Waals surface area contributed by atoms with E-state index in [1.54, 1.807) is 12.1 Å². The van der Waals surface area contributed by atoms with Gasteiger partial charge >= 0.3 is 6.03 Å². The van der Waals surface area contributed by atoms with Gasteiger partial charge in [-0.25, -0.2) is 9.69 Å². The number of carbonyl (C=O) groups is 1. The highest BCUT2D eigenvalue weighted by Gasteiger charge is 2.26. The zero-order valence-electron chi connectivity index (χ0n) is 6.95. The Morgan fingerprint density at radius 3 is 2.54 bits per heavy atom. The highest BCUT2D eigenvalue weighted by Crippen LogP contribution is 2.15. The molecule has 1 aliphatic heterocycles. The number of rotatable bonds is 1. The van der Waals surface area contributed by atoms with Crippen LogP contribution in [0.25, 0.3) is 0 Å². The zero-order valence-corrected chi connectivity index (χ0v) is 6.95. The predicted molar refractivity (Wildman–Crippen MR) is 50.0 cm³/mol. The molecule has 2 rings (SSSR count). The Hall–Kier alpha value is -1.84. The number of benzene rings is 1. The van der Waals surface area contributed by atoms with Gasteiger partial charge in [0.25, 0.3) is 0 Å². The van der Waals surface area contributed by atoms with Gasteiger partial charge in [0.05, 0.1) is 12.2 Å². The first kappa shape index (κ1) is 7.79. The monoisotopic (exact) mass is 175 g/mol. The summed E-state index contributed by atoms with van der Waals surface area (Å²) in [6.45, 7) is 0.313. The minimum Gasteiger partial charge on any atom is -0.330 e. The largest absolute Gasteiger partial charge is 0.330 e. The fourth-order valence-electron chi connectivity index (χ4n) is 1.29. The molecule has 66 valence electrons. The lowest BCUT2D eigenvalue weighted by molar-refractivity contribution is 0.252. The summed E-state index contributed by atoms with van der Waals surface area (Å²) >= 11 is 0. The molecule has 1 heterocycles. The molecule has 1 aliphatic rings. The number of amides is 2. The molecule has 0 aromatic heterocycles. The van der Waals surface area contributed by atoms with Crippen LogP contribution in [0.1, 0.15) is 0 Å². The summed E-state index contributed by atoms with van der Waals surface area (Å²) in [7, 11) is 0. The minimum absolute atomic E-state index is 0.226. The van der Waals surface area contributed by atoms with Gasteiger partial charge in [-0.15, -0.1) is 0 Å². The molecule has 0 bridgehead atoms. The highest BCUT2D eigenvalue weighted by atomic mass is 16.2. The summed E-state index contributed by atoms with van der Waals surface area (Å²) in [4.78, 5) is 12.6. The lowest BCUT2D eigenvalue weighted by atomic mass is 10.3. The number of carbonyl (C=O) groups excluding carboxylic acids is 1. The Balaban J connectivity index is 2.36. The Labute approximate surface area is 75.7 Å². The van der Waals surface area contributed by atoms with Crippen LogP contribution < -0.4 is 10.2 Å². The second-order valence-corrected chi connectivity index (χ2v) is 2.78. The van der Waals surface area contributed by atoms with Crippen LogP contribution in [0.3, 0.4) is 0 Å². The SMILES string of the molecule is N=C1CNC(=O)N1c1ccccc1. The van der Waals surface area contributed by atoms with Crippen LogP contribution in [0, 0.1) is 5.41 Å². The Bertz CT molecular complexity index is 331. The Kier molecular flexibility index (Phi) is 1.73. The molecule has 2 amide bonds. The highest BCUT2D eigenvalue weighted by molar-refractivity contribution is 6.20. The normalized spacial score (nSPS) is 16.2. The number of anilines is 1. The number of urea groups is 1. The van der Waals surface area contributed by atoms with Crippen molar-refractivity contribution in [2.24, 2.45) is 0 Å². The topological polar surface area (TPSA) is 56.2 Å². The third kappa shape index (κ3) is 1.26. The lowest BCUT2D eigenvalue weighted by Gasteiger charge is -2.13. The second-order valence-electron chi connectivity index (χ2n) is 2.78. The molecule has 0 radical (unpaired) electrons. The van der Waals surface area contributed by atoms with E-state index in [4.69, 9.17) is 5.41 Å². The maximum atomic E-state index is 11.3. The van der Waals surface area contributed by atoms with Gasteiger partial charge in [0, 0.05) is 0 Å². The lowest BCUT2D eigenvalue weighted by Crippen LogP contribution is -2.30. The van der Waals surface area contributed by atoms with Crippen LogP contribution in [0.5, 0.6) is 0 Å². The van der Waals surface area contributed by atoms with E-state index < -0.39 is 0 Å². The third-order valence-electron chi connectivity index (χ3n) is 1.89. The van der Waals surface area contributed by atoms with Crippen LogP contribution in [0.4, 0.5) is 10.5 Å². The number of hydrogen-bond donors (Lipinski definition) is 2. The molecule has 1 fully saturated rings. The molecule has 0 aliphatic carbocycles. The summed E-state index contributed by atoms with van der Waals surface area (Å²) < 4.78 is 0. The molecule has 13 heavy (non-hydrogen) atoms. The maximum absolute atomic E-state index is 11.3. The predicted octanol–water partition coefficient (Wildman–Crippen LogP) is 1.19. The van der Waals surface area contributed by atoms with Crippen molar-refractivity contribution in [3.63, 3.8) is 0 Å². The third-order valence-corrected chi connectivity index (χ3v) is 1.89. The van der Waals surface area contributed by atoms with E-state index >= 15 is 0 Å². The first-order valence-corrected chi connectivity index (χ1v) is 3.99. The number of amidine groups is 1. The smallest absolute Gasteiger partial charge is 0.327 e. The molecule has 0 unspecified atom stereocenters. The number of para-hydroxylation sites is 1. The molecule has 0 spiro atoms. The van der Waals surface area contributed by atoms with Crippen LogP contribution in [-0.4, -0.2) is 18.4 Å². The molecule has 1 aromatic carbocycles. The van der Waals surface area contributed by atoms with Crippen molar-refractivity contribution >= 4 is 17.6 Å². The fourth-order valence-corrected chi connectivity index (χ4v) is 1.29. The van der Waals surface area contributed by atoms with E-state index in [1.807, 2.05) is 18.2 Å². The van der Waals surface area contributed by atoms with E-state index in [1.165, 1.54) is 4.90 Å². The van der Waals surface area contributed by atoms with Gasteiger partial charge < -0.3 is 5.32 Å². The summed E-state index contributed by atoms with van der Waals surface area (Å²) in [6.07, 6.45) is 0. The van der Waals surface area contributed by atoms with Crippen molar-refractivity contribution < 1.29 is 4.79 Å². The first-order valence-electron chi connectivity index (χ1n) is 3.99. The number of nitrogens with one attached hydrogen (secondary N) is 2. The summed E-state index contributed by atoms with van der Waals surface area (Å²) in [5.41, 5.74) is 0.738. The van der Waals surface area contributed by atoms with Gasteiger partial charge in [-0.1, -0.05) is 18.2 Å². The Morgan fingerprint density at radius 1 is 1.31 bits per heavy atom. The average Bonchev–Trinajstić information content (AvgIpc) is 2.48. The average molecular weight is 175 g/mol. The van der Waals surface area contributed by atoms with Gasteiger partial charge in [0.15, 0.2) is 0 Å². The maximum Gasteiger partial charge on any atom is 0.327 e. The van der Waals surface area contributed by atoms with Crippen LogP contribution in [-0.2, 0) is 0 Å². The fraction of sp³-hybridized carbons (Fsp3) is 0.111. The molecule has 2 N–H and O–H groups in total. The summed E-state index contributed by atoms with van der Waals surface area (Å²) in [6, 6.07) is 8.94. The van der Waals surface area contributed by atoms with Crippen molar-refractivity contribution in [3.05, 3.63) is 30.3 Å². The van der Waals surface area contributed by atoms with Gasteiger partial charge in [-0.05, 0) is 12.1 Å². The molecular weight excluding hydrogens is 166 g/mol. The van der Waals surface area contributed by atoms with Crippen molar-refractivity contribution in [2.75, 3.05) is 11.4 Å². The molecule has 0 saturated carbocycles. The standard InChI is InChI=1S/C9H9N3O/c10-8-6-11-9(13)12(8)7-4-2-1-3-5-7/h1-5,10H,6H2,(H,11,13). The van der Waals surface area contributed by atoms with Crippen molar-refractivity contribution in [1.29, 1.82) is 5.41 Å². The number of nitrogens with zero attached hydrogens (tertiary/aromatic N) is 1. The van der Waals surface area contributed by atoms with Crippen LogP contribution in [0.15, 0.2) is 30.3 Å². The minimum atomic E-state index is -0.226. The second kappa shape index (κ2) is 2.90. The first-order chi connectivity index (χ1) is 6.29. The van der Waals surface area contributed by atoms with E-state index in [9.17, 15) is 4.79 Å². The molecule has 4 nitrogen and oxygen atoms in total. The summed E-state index contributed by atoms with van der Waals surface area (Å²) in [5, 5.41) is 10.1. The van der Waals surface area contributed by atoms with Gasteiger partial charge in [-0.3, -0.25) is 5.41 Å². The molecule has 4 heteroatoms. The molecule has 0 atom stereocenters. The van der Waals surface area contributed by atoms with E-state index in [0.29, 0.717) is 6.54 Å². The van der Waals surface area contributed by atoms with E-state index in [2.05, 4.69) is 5.32 Å². The van der Waals surface area contributed by atoms with Crippen LogP contribution >= 0.6 is 0 Å². The quantitative estimate of drug-likeness (QED) is 0.661. The van der Waals surface area contributed by atoms with Crippen molar-refractivity contribution in [3.8, 4) is 0 Å².